The lowest BCUT2D eigenvalue weighted by molar-refractivity contribution is -0.133. The van der Waals surface area contributed by atoms with Gasteiger partial charge in [0.25, 0.3) is 0 Å². The number of amides is 2. The van der Waals surface area contributed by atoms with E-state index in [1.807, 2.05) is 13.8 Å². The Morgan fingerprint density at radius 2 is 1.94 bits per heavy atom. The van der Waals surface area contributed by atoms with Crippen molar-refractivity contribution in [3.63, 3.8) is 0 Å². The van der Waals surface area contributed by atoms with E-state index in [4.69, 9.17) is 5.21 Å². The zero-order valence-corrected chi connectivity index (χ0v) is 11.3. The van der Waals surface area contributed by atoms with Crippen LogP contribution >= 0.6 is 0 Å². The number of nitrogens with one attached hydrogen (secondary N) is 2. The van der Waals surface area contributed by atoms with E-state index in [0.717, 1.165) is 6.42 Å². The summed E-state index contributed by atoms with van der Waals surface area (Å²) in [6, 6.07) is 0. The molecular formula is C12H23N3O3. The van der Waals surface area contributed by atoms with Crippen LogP contribution in [0.3, 0.4) is 0 Å². The van der Waals surface area contributed by atoms with E-state index in [9.17, 15) is 9.59 Å². The van der Waals surface area contributed by atoms with Crippen molar-refractivity contribution in [2.45, 2.75) is 46.5 Å². The molecule has 0 aromatic rings. The average Bonchev–Trinajstić information content (AvgIpc) is 2.38. The normalized spacial score (nSPS) is 14.2. The van der Waals surface area contributed by atoms with Gasteiger partial charge in [-0.15, -0.1) is 0 Å². The van der Waals surface area contributed by atoms with Crippen LogP contribution in [-0.4, -0.2) is 23.2 Å². The molecule has 0 bridgehead atoms. The highest BCUT2D eigenvalue weighted by Crippen LogP contribution is 2.16. The van der Waals surface area contributed by atoms with Crippen molar-refractivity contribution in [3.05, 3.63) is 0 Å². The molecule has 0 spiro atoms. The lowest BCUT2D eigenvalue weighted by atomic mass is 9.94. The number of hydrogen-bond acceptors (Lipinski definition) is 4. The summed E-state index contributed by atoms with van der Waals surface area (Å²) in [5.41, 5.74) is 4.10. The average molecular weight is 257 g/mol. The molecule has 0 aliphatic heterocycles. The minimum atomic E-state index is -0.422. The highest BCUT2D eigenvalue weighted by atomic mass is 16.5. The number of carbonyl (C=O) groups excluding carboxylic acids is 2. The summed E-state index contributed by atoms with van der Waals surface area (Å²) in [6.07, 6.45) is 4.24. The molecule has 6 nitrogen and oxygen atoms in total. The molecule has 2 atom stereocenters. The molecule has 3 N–H and O–H groups in total. The van der Waals surface area contributed by atoms with Gasteiger partial charge in [-0.05, 0) is 25.7 Å². The van der Waals surface area contributed by atoms with E-state index in [0.29, 0.717) is 19.3 Å². The van der Waals surface area contributed by atoms with E-state index < -0.39 is 5.91 Å². The SMILES string of the molecule is CC/C=N/NC(=O)C(CC)CCC(C)C(=O)NO. The Balaban J connectivity index is 4.14. The van der Waals surface area contributed by atoms with Crippen molar-refractivity contribution in [1.82, 2.24) is 10.9 Å². The Labute approximate surface area is 108 Å². The smallest absolute Gasteiger partial charge is 0.246 e. The maximum absolute atomic E-state index is 11.7. The molecule has 0 rings (SSSR count). The predicted molar refractivity (Wildman–Crippen MR) is 69.0 cm³/mol. The van der Waals surface area contributed by atoms with Crippen LogP contribution in [0.4, 0.5) is 0 Å². The third-order valence-electron chi connectivity index (χ3n) is 2.82. The molecule has 2 amide bonds. The van der Waals surface area contributed by atoms with Crippen molar-refractivity contribution in [3.8, 4) is 0 Å². The predicted octanol–water partition coefficient (Wildman–Crippen LogP) is 1.45. The van der Waals surface area contributed by atoms with Gasteiger partial charge in [0, 0.05) is 18.1 Å². The Hall–Kier alpha value is -1.43. The minimum Gasteiger partial charge on any atom is -0.289 e. The lowest BCUT2D eigenvalue weighted by Crippen LogP contribution is -2.29. The molecule has 18 heavy (non-hydrogen) atoms. The first kappa shape index (κ1) is 16.6. The van der Waals surface area contributed by atoms with Crippen molar-refractivity contribution >= 4 is 18.0 Å². The number of rotatable bonds is 8. The fourth-order valence-corrected chi connectivity index (χ4v) is 1.50. The minimum absolute atomic E-state index is 0.126. The standard InChI is InChI=1S/C12H23N3O3/c1-4-8-13-14-12(17)10(5-2)7-6-9(3)11(16)15-18/h8-10,18H,4-7H2,1-3H3,(H,14,17)(H,15,16)/b13-8+. The fourth-order valence-electron chi connectivity index (χ4n) is 1.50. The number of carbonyl (C=O) groups is 2. The molecule has 0 fully saturated rings. The van der Waals surface area contributed by atoms with Crippen LogP contribution in [0.15, 0.2) is 5.10 Å². The van der Waals surface area contributed by atoms with Crippen molar-refractivity contribution in [1.29, 1.82) is 0 Å². The van der Waals surface area contributed by atoms with Gasteiger partial charge in [-0.3, -0.25) is 14.8 Å². The first-order chi connectivity index (χ1) is 8.56. The molecule has 0 saturated carbocycles. The molecule has 0 saturated heterocycles. The van der Waals surface area contributed by atoms with Gasteiger partial charge in [-0.1, -0.05) is 20.8 Å². The number of hydrazone groups is 1. The van der Waals surface area contributed by atoms with Crippen molar-refractivity contribution < 1.29 is 14.8 Å². The van der Waals surface area contributed by atoms with Gasteiger partial charge in [-0.25, -0.2) is 10.9 Å². The quantitative estimate of drug-likeness (QED) is 0.349. The Morgan fingerprint density at radius 1 is 1.28 bits per heavy atom. The van der Waals surface area contributed by atoms with E-state index in [1.54, 1.807) is 18.6 Å². The van der Waals surface area contributed by atoms with Crippen LogP contribution in [-0.2, 0) is 9.59 Å². The van der Waals surface area contributed by atoms with Gasteiger partial charge < -0.3 is 0 Å². The Bertz CT molecular complexity index is 292. The summed E-state index contributed by atoms with van der Waals surface area (Å²) in [7, 11) is 0. The molecule has 2 unspecified atom stereocenters. The largest absolute Gasteiger partial charge is 0.289 e. The highest BCUT2D eigenvalue weighted by molar-refractivity contribution is 5.79. The molecule has 0 radical (unpaired) electrons. The zero-order chi connectivity index (χ0) is 14.0. The second-order valence-corrected chi connectivity index (χ2v) is 4.26. The van der Waals surface area contributed by atoms with Gasteiger partial charge in [0.05, 0.1) is 0 Å². The van der Waals surface area contributed by atoms with Crippen LogP contribution in [0.5, 0.6) is 0 Å². The van der Waals surface area contributed by atoms with Crippen LogP contribution in [0.1, 0.15) is 46.5 Å². The third kappa shape index (κ3) is 6.34. The summed E-state index contributed by atoms with van der Waals surface area (Å²) in [5, 5.41) is 12.3. The summed E-state index contributed by atoms with van der Waals surface area (Å²) in [6.45, 7) is 5.57. The van der Waals surface area contributed by atoms with E-state index in [-0.39, 0.29) is 17.7 Å². The van der Waals surface area contributed by atoms with Crippen molar-refractivity contribution in [2.24, 2.45) is 16.9 Å². The summed E-state index contributed by atoms with van der Waals surface area (Å²) in [4.78, 5) is 22.8. The van der Waals surface area contributed by atoms with E-state index >= 15 is 0 Å². The van der Waals surface area contributed by atoms with E-state index in [2.05, 4.69) is 10.5 Å². The maximum Gasteiger partial charge on any atom is 0.246 e. The molecular weight excluding hydrogens is 234 g/mol. The summed E-state index contributed by atoms with van der Waals surface area (Å²) in [5.74, 6) is -1.02. The zero-order valence-electron chi connectivity index (χ0n) is 11.3. The molecule has 0 aliphatic carbocycles. The van der Waals surface area contributed by atoms with Gasteiger partial charge in [-0.2, -0.15) is 5.10 Å². The van der Waals surface area contributed by atoms with Gasteiger partial charge >= 0.3 is 0 Å². The molecule has 0 aromatic carbocycles. The number of nitrogens with zero attached hydrogens (tertiary/aromatic N) is 1. The van der Waals surface area contributed by atoms with Gasteiger partial charge in [0.15, 0.2) is 0 Å². The molecule has 0 heterocycles. The van der Waals surface area contributed by atoms with Crippen LogP contribution < -0.4 is 10.9 Å². The van der Waals surface area contributed by atoms with Crippen LogP contribution in [0, 0.1) is 11.8 Å². The molecule has 104 valence electrons. The third-order valence-corrected chi connectivity index (χ3v) is 2.82. The van der Waals surface area contributed by atoms with Crippen LogP contribution in [0.2, 0.25) is 0 Å². The van der Waals surface area contributed by atoms with Gasteiger partial charge in [0.1, 0.15) is 0 Å². The number of hydroxylamine groups is 1. The van der Waals surface area contributed by atoms with Gasteiger partial charge in [0.2, 0.25) is 11.8 Å². The highest BCUT2D eigenvalue weighted by Gasteiger charge is 2.19. The number of hydrogen-bond donors (Lipinski definition) is 3. The first-order valence-corrected chi connectivity index (χ1v) is 6.32. The Morgan fingerprint density at radius 3 is 2.44 bits per heavy atom. The molecule has 0 aliphatic rings. The molecule has 0 aromatic heterocycles. The molecule has 6 heteroatoms. The van der Waals surface area contributed by atoms with E-state index in [1.165, 1.54) is 0 Å². The fraction of sp³-hybridized carbons (Fsp3) is 0.750. The summed E-state index contributed by atoms with van der Waals surface area (Å²) < 4.78 is 0. The topological polar surface area (TPSA) is 90.8 Å². The lowest BCUT2D eigenvalue weighted by Gasteiger charge is -2.15. The monoisotopic (exact) mass is 257 g/mol. The van der Waals surface area contributed by atoms with Crippen molar-refractivity contribution in [2.75, 3.05) is 0 Å². The second kappa shape index (κ2) is 9.58. The Kier molecular flexibility index (Phi) is 8.82. The first-order valence-electron chi connectivity index (χ1n) is 6.32. The van der Waals surface area contributed by atoms with Crippen LogP contribution in [0.25, 0.3) is 0 Å². The summed E-state index contributed by atoms with van der Waals surface area (Å²) >= 11 is 0. The second-order valence-electron chi connectivity index (χ2n) is 4.26. The maximum atomic E-state index is 11.7.